The maximum atomic E-state index is 9.75. The van der Waals surface area contributed by atoms with Gasteiger partial charge in [-0.3, -0.25) is 4.79 Å². The first kappa shape index (κ1) is 7.43. The van der Waals surface area contributed by atoms with Crippen molar-refractivity contribution in [3.05, 3.63) is 0 Å². The number of nitrogens with one attached hydrogen (secondary N) is 2. The van der Waals surface area contributed by atoms with Gasteiger partial charge in [-0.05, 0) is 14.0 Å². The summed E-state index contributed by atoms with van der Waals surface area (Å²) >= 11 is 0. The van der Waals surface area contributed by atoms with Crippen LogP contribution in [-0.4, -0.2) is 26.0 Å². The van der Waals surface area contributed by atoms with E-state index in [1.165, 1.54) is 0 Å². The first-order chi connectivity index (χ1) is 3.81. The van der Waals surface area contributed by atoms with E-state index >= 15 is 0 Å². The van der Waals surface area contributed by atoms with Crippen LogP contribution in [-0.2, 0) is 4.79 Å². The van der Waals surface area contributed by atoms with Gasteiger partial charge in [-0.2, -0.15) is 0 Å². The van der Waals surface area contributed by atoms with E-state index in [0.717, 1.165) is 6.54 Å². The first-order valence-electron chi connectivity index (χ1n) is 2.65. The van der Waals surface area contributed by atoms with Gasteiger partial charge in [0.25, 0.3) is 0 Å². The highest BCUT2D eigenvalue weighted by molar-refractivity contribution is 5.46. The maximum absolute atomic E-state index is 9.75. The van der Waals surface area contributed by atoms with Crippen LogP contribution in [0, 0.1) is 0 Å². The zero-order valence-corrected chi connectivity index (χ0v) is 5.27. The van der Waals surface area contributed by atoms with Gasteiger partial charge in [0.05, 0.1) is 0 Å². The molecule has 48 valence electrons. The fourth-order valence-electron chi connectivity index (χ4n) is 0.481. The van der Waals surface area contributed by atoms with Gasteiger partial charge in [0, 0.05) is 12.6 Å². The molecule has 0 aromatic heterocycles. The second-order valence-electron chi connectivity index (χ2n) is 1.74. The standard InChI is InChI=1S/C5H12N2O/c1-5(3-6-2)7-4-8/h4-6H,3H2,1-2H3,(H,7,8). The number of likely N-dealkylation sites (N-methyl/N-ethyl adjacent to an activating group) is 1. The minimum atomic E-state index is 0.234. The molecule has 8 heavy (non-hydrogen) atoms. The van der Waals surface area contributed by atoms with Crippen LogP contribution < -0.4 is 10.6 Å². The number of hydrogen-bond donors (Lipinski definition) is 2. The highest BCUT2D eigenvalue weighted by atomic mass is 16.1. The van der Waals surface area contributed by atoms with Crippen LogP contribution in [0.15, 0.2) is 0 Å². The van der Waals surface area contributed by atoms with Gasteiger partial charge < -0.3 is 10.6 Å². The van der Waals surface area contributed by atoms with Crippen LogP contribution in [0.2, 0.25) is 0 Å². The van der Waals surface area contributed by atoms with Gasteiger partial charge in [0.2, 0.25) is 6.41 Å². The summed E-state index contributed by atoms with van der Waals surface area (Å²) in [5.74, 6) is 0. The van der Waals surface area contributed by atoms with E-state index in [9.17, 15) is 4.79 Å². The van der Waals surface area contributed by atoms with Crippen molar-refractivity contribution in [1.82, 2.24) is 10.6 Å². The zero-order chi connectivity index (χ0) is 6.41. The van der Waals surface area contributed by atoms with Crippen LogP contribution in [0.25, 0.3) is 0 Å². The molecular formula is C5H12N2O. The number of rotatable bonds is 4. The van der Waals surface area contributed by atoms with Gasteiger partial charge >= 0.3 is 0 Å². The lowest BCUT2D eigenvalue weighted by Gasteiger charge is -2.06. The summed E-state index contributed by atoms with van der Waals surface area (Å²) in [7, 11) is 1.85. The second-order valence-corrected chi connectivity index (χ2v) is 1.74. The Labute approximate surface area is 49.5 Å². The number of carbonyl (C=O) groups excluding carboxylic acids is 1. The Bertz CT molecular complexity index is 65.4. The molecule has 1 unspecified atom stereocenters. The van der Waals surface area contributed by atoms with Crippen LogP contribution in [0.1, 0.15) is 6.92 Å². The minimum absolute atomic E-state index is 0.234. The largest absolute Gasteiger partial charge is 0.355 e. The highest BCUT2D eigenvalue weighted by Gasteiger charge is 1.93. The van der Waals surface area contributed by atoms with E-state index in [0.29, 0.717) is 6.41 Å². The predicted octanol–water partition coefficient (Wildman–Crippen LogP) is -0.660. The third-order valence-corrected chi connectivity index (χ3v) is 0.863. The van der Waals surface area contributed by atoms with Gasteiger partial charge in [-0.25, -0.2) is 0 Å². The lowest BCUT2D eigenvalue weighted by Crippen LogP contribution is -2.33. The minimum Gasteiger partial charge on any atom is -0.355 e. The van der Waals surface area contributed by atoms with Crippen LogP contribution >= 0.6 is 0 Å². The molecule has 0 aliphatic rings. The summed E-state index contributed by atoms with van der Waals surface area (Å²) < 4.78 is 0. The maximum Gasteiger partial charge on any atom is 0.207 e. The second kappa shape index (κ2) is 4.59. The quantitative estimate of drug-likeness (QED) is 0.479. The summed E-state index contributed by atoms with van der Waals surface area (Å²) in [5, 5.41) is 5.53. The van der Waals surface area contributed by atoms with Crippen molar-refractivity contribution in [2.75, 3.05) is 13.6 Å². The van der Waals surface area contributed by atoms with Crippen molar-refractivity contribution in [3.63, 3.8) is 0 Å². The monoisotopic (exact) mass is 116 g/mol. The number of carbonyl (C=O) groups is 1. The van der Waals surface area contributed by atoms with E-state index in [1.807, 2.05) is 14.0 Å². The van der Waals surface area contributed by atoms with Crippen molar-refractivity contribution >= 4 is 6.41 Å². The highest BCUT2D eigenvalue weighted by Crippen LogP contribution is 1.71. The summed E-state index contributed by atoms with van der Waals surface area (Å²) in [6.07, 6.45) is 0.710. The van der Waals surface area contributed by atoms with Gasteiger partial charge in [0.15, 0.2) is 0 Å². The van der Waals surface area contributed by atoms with Crippen molar-refractivity contribution in [2.24, 2.45) is 0 Å². The average Bonchev–Trinajstić information content (AvgIpc) is 1.68. The molecule has 0 bridgehead atoms. The molecule has 1 atom stereocenters. The van der Waals surface area contributed by atoms with Crippen LogP contribution in [0.5, 0.6) is 0 Å². The molecule has 0 heterocycles. The van der Waals surface area contributed by atoms with E-state index in [4.69, 9.17) is 0 Å². The van der Waals surface area contributed by atoms with Crippen molar-refractivity contribution in [3.8, 4) is 0 Å². The van der Waals surface area contributed by atoms with Crippen molar-refractivity contribution in [2.45, 2.75) is 13.0 Å². The molecule has 0 spiro atoms. The third kappa shape index (κ3) is 3.61. The molecule has 3 nitrogen and oxygen atoms in total. The molecule has 0 aliphatic heterocycles. The van der Waals surface area contributed by atoms with E-state index in [-0.39, 0.29) is 6.04 Å². The predicted molar refractivity (Wildman–Crippen MR) is 32.6 cm³/mol. The molecule has 0 saturated heterocycles. The SMILES string of the molecule is CNCC(C)NC=O. The van der Waals surface area contributed by atoms with Crippen molar-refractivity contribution in [1.29, 1.82) is 0 Å². The fourth-order valence-corrected chi connectivity index (χ4v) is 0.481. The Hall–Kier alpha value is -0.570. The Morgan fingerprint density at radius 1 is 1.75 bits per heavy atom. The Balaban J connectivity index is 3.03. The Kier molecular flexibility index (Phi) is 4.26. The molecule has 0 radical (unpaired) electrons. The van der Waals surface area contributed by atoms with Crippen molar-refractivity contribution < 1.29 is 4.79 Å². The van der Waals surface area contributed by atoms with E-state index in [1.54, 1.807) is 0 Å². The Morgan fingerprint density at radius 2 is 2.38 bits per heavy atom. The normalized spacial score (nSPS) is 12.8. The van der Waals surface area contributed by atoms with E-state index < -0.39 is 0 Å². The molecule has 3 heteroatoms. The smallest absolute Gasteiger partial charge is 0.207 e. The molecular weight excluding hydrogens is 104 g/mol. The fraction of sp³-hybridized carbons (Fsp3) is 0.800. The third-order valence-electron chi connectivity index (χ3n) is 0.863. The first-order valence-corrected chi connectivity index (χ1v) is 2.65. The number of hydrogen-bond acceptors (Lipinski definition) is 2. The summed E-state index contributed by atoms with van der Waals surface area (Å²) in [6, 6.07) is 0.234. The lowest BCUT2D eigenvalue weighted by molar-refractivity contribution is -0.110. The molecule has 0 aromatic rings. The van der Waals surface area contributed by atoms with Gasteiger partial charge in [-0.15, -0.1) is 0 Å². The molecule has 1 amide bonds. The van der Waals surface area contributed by atoms with Crippen LogP contribution in [0.3, 0.4) is 0 Å². The Morgan fingerprint density at radius 3 is 2.75 bits per heavy atom. The molecule has 0 saturated carbocycles. The average molecular weight is 116 g/mol. The molecule has 0 rings (SSSR count). The van der Waals surface area contributed by atoms with Crippen LogP contribution in [0.4, 0.5) is 0 Å². The topological polar surface area (TPSA) is 41.1 Å². The van der Waals surface area contributed by atoms with E-state index in [2.05, 4.69) is 10.6 Å². The zero-order valence-electron chi connectivity index (χ0n) is 5.27. The molecule has 2 N–H and O–H groups in total. The molecule has 0 aromatic carbocycles. The summed E-state index contributed by atoms with van der Waals surface area (Å²) in [4.78, 5) is 9.75. The summed E-state index contributed by atoms with van der Waals surface area (Å²) in [5.41, 5.74) is 0. The molecule has 0 aliphatic carbocycles. The van der Waals surface area contributed by atoms with Gasteiger partial charge in [-0.1, -0.05) is 0 Å². The van der Waals surface area contributed by atoms with Gasteiger partial charge in [0.1, 0.15) is 0 Å². The number of amides is 1. The molecule has 0 fully saturated rings. The lowest BCUT2D eigenvalue weighted by atomic mass is 10.3. The summed E-state index contributed by atoms with van der Waals surface area (Å²) in [6.45, 7) is 2.75.